The van der Waals surface area contributed by atoms with Gasteiger partial charge in [0, 0.05) is 24.4 Å². The van der Waals surface area contributed by atoms with Crippen LogP contribution in [-0.4, -0.2) is 49.1 Å². The number of hydrogen-bond acceptors (Lipinski definition) is 4. The highest BCUT2D eigenvalue weighted by Crippen LogP contribution is 2.28. The third kappa shape index (κ3) is 8.89. The van der Waals surface area contributed by atoms with Crippen LogP contribution in [0.15, 0.2) is 29.3 Å². The molecule has 1 aliphatic rings. The second-order valence-corrected chi connectivity index (χ2v) is 7.73. The molecule has 28 heavy (non-hydrogen) atoms. The molecule has 1 aliphatic carbocycles. The molecule has 3 N–H and O–H groups in total. The Bertz CT molecular complexity index is 630. The summed E-state index contributed by atoms with van der Waals surface area (Å²) in [7, 11) is 0. The number of carbonyl (C=O) groups is 1. The molecule has 0 aliphatic heterocycles. The van der Waals surface area contributed by atoms with Crippen molar-refractivity contribution in [2.45, 2.75) is 50.9 Å². The summed E-state index contributed by atoms with van der Waals surface area (Å²) in [6.45, 7) is 6.00. The third-order valence-electron chi connectivity index (χ3n) is 4.46. The van der Waals surface area contributed by atoms with Gasteiger partial charge in [-0.2, -0.15) is 11.8 Å². The van der Waals surface area contributed by atoms with E-state index in [0.29, 0.717) is 24.9 Å². The molecule has 1 aromatic carbocycles. The molecule has 0 bridgehead atoms. The largest absolute Gasteiger partial charge is 0.484 e. The molecule has 2 unspecified atom stereocenters. The van der Waals surface area contributed by atoms with Crippen LogP contribution in [0.5, 0.6) is 5.75 Å². The first-order valence-electron chi connectivity index (χ1n) is 9.70. The number of nitrogens with one attached hydrogen (secondary N) is 3. The van der Waals surface area contributed by atoms with Gasteiger partial charge in [0.25, 0.3) is 5.91 Å². The molecule has 0 aromatic heterocycles. The Morgan fingerprint density at radius 3 is 2.71 bits per heavy atom. The molecule has 8 heteroatoms. The van der Waals surface area contributed by atoms with E-state index in [-0.39, 0.29) is 36.5 Å². The van der Waals surface area contributed by atoms with Crippen LogP contribution in [0.2, 0.25) is 0 Å². The van der Waals surface area contributed by atoms with Gasteiger partial charge in [0.1, 0.15) is 5.75 Å². The van der Waals surface area contributed by atoms with Crippen molar-refractivity contribution in [2.24, 2.45) is 4.99 Å². The zero-order valence-corrected chi connectivity index (χ0v) is 20.1. The lowest BCUT2D eigenvalue weighted by Gasteiger charge is -2.17. The number of thioether (sulfide) groups is 1. The van der Waals surface area contributed by atoms with Gasteiger partial charge in [0.2, 0.25) is 0 Å². The average molecular weight is 520 g/mol. The van der Waals surface area contributed by atoms with Crippen LogP contribution >= 0.6 is 35.7 Å². The SMILES string of the molecule is CCNC(=O)COc1cccc(CN=C(NCC)NC2CCC(SC)C2)c1.I. The van der Waals surface area contributed by atoms with Gasteiger partial charge in [-0.15, -0.1) is 24.0 Å². The highest BCUT2D eigenvalue weighted by atomic mass is 127. The van der Waals surface area contributed by atoms with Gasteiger partial charge in [-0.25, -0.2) is 4.99 Å². The molecule has 0 saturated heterocycles. The summed E-state index contributed by atoms with van der Waals surface area (Å²) in [5.74, 6) is 1.43. The molecule has 6 nitrogen and oxygen atoms in total. The molecule has 1 aromatic rings. The van der Waals surface area contributed by atoms with Crippen molar-refractivity contribution in [1.29, 1.82) is 0 Å². The molecule has 1 saturated carbocycles. The maximum absolute atomic E-state index is 11.5. The van der Waals surface area contributed by atoms with E-state index in [9.17, 15) is 4.79 Å². The van der Waals surface area contributed by atoms with Crippen molar-refractivity contribution in [2.75, 3.05) is 26.0 Å². The lowest BCUT2D eigenvalue weighted by atomic mass is 10.2. The summed E-state index contributed by atoms with van der Waals surface area (Å²) < 4.78 is 5.55. The fraction of sp³-hybridized carbons (Fsp3) is 0.600. The number of nitrogens with zero attached hydrogens (tertiary/aromatic N) is 1. The summed E-state index contributed by atoms with van der Waals surface area (Å²) in [5, 5.41) is 10.4. The summed E-state index contributed by atoms with van der Waals surface area (Å²) >= 11 is 1.96. The van der Waals surface area contributed by atoms with E-state index in [1.807, 2.05) is 43.0 Å². The normalized spacial score (nSPS) is 18.9. The monoisotopic (exact) mass is 520 g/mol. The highest BCUT2D eigenvalue weighted by Gasteiger charge is 2.24. The zero-order valence-electron chi connectivity index (χ0n) is 17.0. The van der Waals surface area contributed by atoms with Crippen LogP contribution < -0.4 is 20.7 Å². The molecule has 0 heterocycles. The predicted molar refractivity (Wildman–Crippen MR) is 129 cm³/mol. The lowest BCUT2D eigenvalue weighted by molar-refractivity contribution is -0.122. The van der Waals surface area contributed by atoms with Crippen LogP contribution in [0, 0.1) is 0 Å². The first-order chi connectivity index (χ1) is 13.1. The number of amides is 1. The second-order valence-electron chi connectivity index (χ2n) is 6.60. The summed E-state index contributed by atoms with van der Waals surface area (Å²) in [6, 6.07) is 8.23. The summed E-state index contributed by atoms with van der Waals surface area (Å²) in [5.41, 5.74) is 1.05. The third-order valence-corrected chi connectivity index (χ3v) is 5.56. The zero-order chi connectivity index (χ0) is 19.5. The number of guanidine groups is 1. The molecule has 2 atom stereocenters. The quantitative estimate of drug-likeness (QED) is 0.265. The Morgan fingerprint density at radius 2 is 2.04 bits per heavy atom. The number of ether oxygens (including phenoxy) is 1. The van der Waals surface area contributed by atoms with Crippen molar-refractivity contribution in [3.05, 3.63) is 29.8 Å². The summed E-state index contributed by atoms with van der Waals surface area (Å²) in [6.07, 6.45) is 5.84. The van der Waals surface area contributed by atoms with E-state index in [4.69, 9.17) is 9.73 Å². The number of halogens is 1. The minimum absolute atomic E-state index is 0. The molecular weight excluding hydrogens is 487 g/mol. The fourth-order valence-electron chi connectivity index (χ4n) is 3.10. The molecule has 0 radical (unpaired) electrons. The van der Waals surface area contributed by atoms with Crippen molar-refractivity contribution in [1.82, 2.24) is 16.0 Å². The van der Waals surface area contributed by atoms with E-state index >= 15 is 0 Å². The maximum Gasteiger partial charge on any atom is 0.257 e. The first-order valence-corrected chi connectivity index (χ1v) is 11.0. The summed E-state index contributed by atoms with van der Waals surface area (Å²) in [4.78, 5) is 16.2. The average Bonchev–Trinajstić information content (AvgIpc) is 3.13. The van der Waals surface area contributed by atoms with Crippen LogP contribution in [-0.2, 0) is 11.3 Å². The number of hydrogen-bond donors (Lipinski definition) is 3. The number of aliphatic imine (C=N–C) groups is 1. The van der Waals surface area contributed by atoms with E-state index in [0.717, 1.165) is 23.3 Å². The topological polar surface area (TPSA) is 74.8 Å². The highest BCUT2D eigenvalue weighted by molar-refractivity contribution is 14.0. The second kappa shape index (κ2) is 13.9. The van der Waals surface area contributed by atoms with Gasteiger partial charge in [0.15, 0.2) is 12.6 Å². The number of benzene rings is 1. The Kier molecular flexibility index (Phi) is 12.4. The van der Waals surface area contributed by atoms with Crippen molar-refractivity contribution in [3.8, 4) is 5.75 Å². The molecule has 2 rings (SSSR count). The Morgan fingerprint density at radius 1 is 1.25 bits per heavy atom. The van der Waals surface area contributed by atoms with Crippen molar-refractivity contribution < 1.29 is 9.53 Å². The van der Waals surface area contributed by atoms with Crippen LogP contribution in [0.3, 0.4) is 0 Å². The lowest BCUT2D eigenvalue weighted by Crippen LogP contribution is -2.42. The van der Waals surface area contributed by atoms with E-state index < -0.39 is 0 Å². The van der Waals surface area contributed by atoms with Crippen LogP contribution in [0.25, 0.3) is 0 Å². The molecule has 1 fully saturated rings. The number of likely N-dealkylation sites (N-methyl/N-ethyl adjacent to an activating group) is 1. The van der Waals surface area contributed by atoms with Crippen LogP contribution in [0.4, 0.5) is 0 Å². The fourth-order valence-corrected chi connectivity index (χ4v) is 3.90. The van der Waals surface area contributed by atoms with E-state index in [1.54, 1.807) is 0 Å². The molecular formula is C20H33IN4O2S. The van der Waals surface area contributed by atoms with E-state index in [2.05, 4.69) is 29.1 Å². The van der Waals surface area contributed by atoms with E-state index in [1.165, 1.54) is 19.3 Å². The van der Waals surface area contributed by atoms with Gasteiger partial charge >= 0.3 is 0 Å². The Hall–Kier alpha value is -1.16. The molecule has 1 amide bonds. The van der Waals surface area contributed by atoms with Crippen LogP contribution in [0.1, 0.15) is 38.7 Å². The van der Waals surface area contributed by atoms with Gasteiger partial charge in [-0.05, 0) is 57.1 Å². The first kappa shape index (κ1) is 24.9. The smallest absolute Gasteiger partial charge is 0.257 e. The van der Waals surface area contributed by atoms with Gasteiger partial charge in [0.05, 0.1) is 6.54 Å². The van der Waals surface area contributed by atoms with Crippen molar-refractivity contribution >= 4 is 47.6 Å². The minimum atomic E-state index is -0.111. The van der Waals surface area contributed by atoms with Gasteiger partial charge in [-0.1, -0.05) is 12.1 Å². The predicted octanol–water partition coefficient (Wildman–Crippen LogP) is 3.16. The number of carbonyl (C=O) groups excluding carboxylic acids is 1. The van der Waals surface area contributed by atoms with Crippen molar-refractivity contribution in [3.63, 3.8) is 0 Å². The molecule has 158 valence electrons. The Balaban J connectivity index is 0.00000392. The van der Waals surface area contributed by atoms with Gasteiger partial charge < -0.3 is 20.7 Å². The molecule has 0 spiro atoms. The van der Waals surface area contributed by atoms with Gasteiger partial charge in [-0.3, -0.25) is 4.79 Å². The minimum Gasteiger partial charge on any atom is -0.484 e. The number of rotatable bonds is 9. The Labute approximate surface area is 190 Å². The maximum atomic E-state index is 11.5. The standard InChI is InChI=1S/C20H32N4O2S.HI/c1-4-21-19(25)14-26-17-8-6-7-15(11-17)13-23-20(22-5-2)24-16-9-10-18(12-16)27-3;/h6-8,11,16,18H,4-5,9-10,12-14H2,1-3H3,(H,21,25)(H2,22,23,24);1H.